The number of hydrogen-bond donors (Lipinski definition) is 0. The molecule has 96 valence electrons. The van der Waals surface area contributed by atoms with Gasteiger partial charge in [0.15, 0.2) is 0 Å². The molecule has 0 radical (unpaired) electrons. The molecule has 1 aromatic carbocycles. The SMILES string of the molecule is COCc1cc(C(F)(F)F)nc2cc(Cl)ccc12. The van der Waals surface area contributed by atoms with Crippen LogP contribution < -0.4 is 0 Å². The highest BCUT2D eigenvalue weighted by Gasteiger charge is 2.33. The lowest BCUT2D eigenvalue weighted by atomic mass is 10.1. The number of ether oxygens (including phenoxy) is 1. The Labute approximate surface area is 106 Å². The van der Waals surface area contributed by atoms with Crippen LogP contribution in [0.3, 0.4) is 0 Å². The van der Waals surface area contributed by atoms with Gasteiger partial charge in [0, 0.05) is 17.5 Å². The first kappa shape index (κ1) is 13.1. The van der Waals surface area contributed by atoms with E-state index in [1.165, 1.54) is 13.2 Å². The molecule has 0 unspecified atom stereocenters. The van der Waals surface area contributed by atoms with Crippen molar-refractivity contribution in [3.05, 3.63) is 40.5 Å². The maximum Gasteiger partial charge on any atom is 0.433 e. The van der Waals surface area contributed by atoms with E-state index in [1.807, 2.05) is 0 Å². The van der Waals surface area contributed by atoms with Crippen molar-refractivity contribution in [2.24, 2.45) is 0 Å². The number of hydrogen-bond acceptors (Lipinski definition) is 2. The van der Waals surface area contributed by atoms with Gasteiger partial charge in [0.05, 0.1) is 12.1 Å². The first-order valence-corrected chi connectivity index (χ1v) is 5.45. The molecule has 0 amide bonds. The molecule has 0 N–H and O–H groups in total. The third-order valence-corrected chi connectivity index (χ3v) is 2.68. The Balaban J connectivity index is 2.70. The fourth-order valence-corrected chi connectivity index (χ4v) is 1.86. The smallest absolute Gasteiger partial charge is 0.380 e. The summed E-state index contributed by atoms with van der Waals surface area (Å²) in [4.78, 5) is 3.59. The van der Waals surface area contributed by atoms with Gasteiger partial charge in [-0.3, -0.25) is 0 Å². The van der Waals surface area contributed by atoms with Crippen molar-refractivity contribution in [2.75, 3.05) is 7.11 Å². The van der Waals surface area contributed by atoms with Gasteiger partial charge in [-0.05, 0) is 23.8 Å². The summed E-state index contributed by atoms with van der Waals surface area (Å²) in [6, 6.07) is 5.65. The average Bonchev–Trinajstić information content (AvgIpc) is 2.27. The van der Waals surface area contributed by atoms with Crippen LogP contribution in [0.4, 0.5) is 13.2 Å². The molecule has 18 heavy (non-hydrogen) atoms. The summed E-state index contributed by atoms with van der Waals surface area (Å²) in [5.41, 5.74) is -0.291. The standard InChI is InChI=1S/C12H9ClF3NO/c1-18-6-7-4-11(12(14,15)16)17-10-5-8(13)2-3-9(7)10/h2-5H,6H2,1H3. The quantitative estimate of drug-likeness (QED) is 0.825. The highest BCUT2D eigenvalue weighted by molar-refractivity contribution is 6.31. The van der Waals surface area contributed by atoms with Crippen LogP contribution in [-0.4, -0.2) is 12.1 Å². The maximum absolute atomic E-state index is 12.7. The molecule has 0 bridgehead atoms. The Morgan fingerprint density at radius 1 is 1.28 bits per heavy atom. The lowest BCUT2D eigenvalue weighted by Crippen LogP contribution is -2.09. The van der Waals surface area contributed by atoms with E-state index in [1.54, 1.807) is 12.1 Å². The molecule has 0 aliphatic rings. The van der Waals surface area contributed by atoms with Crippen LogP contribution in [0.1, 0.15) is 11.3 Å². The van der Waals surface area contributed by atoms with E-state index in [4.69, 9.17) is 16.3 Å². The second kappa shape index (κ2) is 4.74. The zero-order valence-electron chi connectivity index (χ0n) is 9.38. The average molecular weight is 276 g/mol. The van der Waals surface area contributed by atoms with Gasteiger partial charge in [0.25, 0.3) is 0 Å². The predicted molar refractivity (Wildman–Crippen MR) is 62.5 cm³/mol. The van der Waals surface area contributed by atoms with Crippen molar-refractivity contribution in [2.45, 2.75) is 12.8 Å². The third-order valence-electron chi connectivity index (χ3n) is 2.45. The van der Waals surface area contributed by atoms with Crippen molar-refractivity contribution in [1.82, 2.24) is 4.98 Å². The second-order valence-electron chi connectivity index (χ2n) is 3.76. The summed E-state index contributed by atoms with van der Waals surface area (Å²) in [6.07, 6.45) is -4.49. The number of benzene rings is 1. The van der Waals surface area contributed by atoms with E-state index in [9.17, 15) is 13.2 Å². The summed E-state index contributed by atoms with van der Waals surface area (Å²) in [7, 11) is 1.43. The zero-order chi connectivity index (χ0) is 13.3. The van der Waals surface area contributed by atoms with Crippen LogP contribution in [0.15, 0.2) is 24.3 Å². The minimum Gasteiger partial charge on any atom is -0.380 e. The topological polar surface area (TPSA) is 22.1 Å². The number of pyridine rings is 1. The molecular formula is C12H9ClF3NO. The van der Waals surface area contributed by atoms with Crippen LogP contribution in [0.5, 0.6) is 0 Å². The van der Waals surface area contributed by atoms with Crippen molar-refractivity contribution in [1.29, 1.82) is 0 Å². The summed E-state index contributed by atoms with van der Waals surface area (Å²) in [6.45, 7) is 0.0870. The molecule has 0 aliphatic heterocycles. The number of rotatable bonds is 2. The van der Waals surface area contributed by atoms with Gasteiger partial charge in [-0.1, -0.05) is 17.7 Å². The zero-order valence-corrected chi connectivity index (χ0v) is 10.1. The number of alkyl halides is 3. The van der Waals surface area contributed by atoms with E-state index in [0.29, 0.717) is 16.0 Å². The van der Waals surface area contributed by atoms with Gasteiger partial charge in [0.2, 0.25) is 0 Å². The van der Waals surface area contributed by atoms with Gasteiger partial charge in [-0.25, -0.2) is 4.98 Å². The van der Waals surface area contributed by atoms with E-state index in [0.717, 1.165) is 6.07 Å². The van der Waals surface area contributed by atoms with Crippen LogP contribution in [0.25, 0.3) is 10.9 Å². The molecule has 0 spiro atoms. The minimum atomic E-state index is -4.49. The monoisotopic (exact) mass is 275 g/mol. The molecule has 0 atom stereocenters. The molecule has 2 nitrogen and oxygen atoms in total. The Kier molecular flexibility index (Phi) is 3.45. The molecule has 1 heterocycles. The summed E-state index contributed by atoms with van der Waals surface area (Å²) >= 11 is 5.76. The van der Waals surface area contributed by atoms with Gasteiger partial charge >= 0.3 is 6.18 Å². The van der Waals surface area contributed by atoms with Crippen LogP contribution in [0.2, 0.25) is 5.02 Å². The molecule has 0 saturated heterocycles. The third kappa shape index (κ3) is 2.57. The second-order valence-corrected chi connectivity index (χ2v) is 4.20. The van der Waals surface area contributed by atoms with Crippen LogP contribution >= 0.6 is 11.6 Å². The van der Waals surface area contributed by atoms with Crippen molar-refractivity contribution >= 4 is 22.5 Å². The van der Waals surface area contributed by atoms with Gasteiger partial charge in [0.1, 0.15) is 5.69 Å². The van der Waals surface area contributed by atoms with E-state index in [-0.39, 0.29) is 12.1 Å². The Hall–Kier alpha value is -1.33. The van der Waals surface area contributed by atoms with Crippen LogP contribution in [0, 0.1) is 0 Å². The first-order chi connectivity index (χ1) is 8.41. The molecule has 0 saturated carbocycles. The lowest BCUT2D eigenvalue weighted by Gasteiger charge is -2.11. The first-order valence-electron chi connectivity index (χ1n) is 5.07. The summed E-state index contributed by atoms with van der Waals surface area (Å²) in [5.74, 6) is 0. The molecule has 2 aromatic rings. The lowest BCUT2D eigenvalue weighted by molar-refractivity contribution is -0.141. The number of nitrogens with zero attached hydrogens (tertiary/aromatic N) is 1. The molecule has 1 aromatic heterocycles. The van der Waals surface area contributed by atoms with Gasteiger partial charge in [-0.15, -0.1) is 0 Å². The van der Waals surface area contributed by atoms with E-state index >= 15 is 0 Å². The fraction of sp³-hybridized carbons (Fsp3) is 0.250. The molecule has 2 rings (SSSR count). The van der Waals surface area contributed by atoms with Crippen molar-refractivity contribution < 1.29 is 17.9 Å². The molecule has 0 aliphatic carbocycles. The highest BCUT2D eigenvalue weighted by atomic mass is 35.5. The van der Waals surface area contributed by atoms with Gasteiger partial charge < -0.3 is 4.74 Å². The maximum atomic E-state index is 12.7. The highest BCUT2D eigenvalue weighted by Crippen LogP contribution is 2.31. The normalized spacial score (nSPS) is 12.1. The predicted octanol–water partition coefficient (Wildman–Crippen LogP) is 4.05. The van der Waals surface area contributed by atoms with Crippen molar-refractivity contribution in [3.63, 3.8) is 0 Å². The molecule has 6 heteroatoms. The Bertz CT molecular complexity index is 583. The van der Waals surface area contributed by atoms with Gasteiger partial charge in [-0.2, -0.15) is 13.2 Å². The van der Waals surface area contributed by atoms with Crippen molar-refractivity contribution in [3.8, 4) is 0 Å². The Morgan fingerprint density at radius 2 is 2.00 bits per heavy atom. The number of methoxy groups -OCH3 is 1. The largest absolute Gasteiger partial charge is 0.433 e. The summed E-state index contributed by atoms with van der Waals surface area (Å²) < 4.78 is 43.0. The van der Waals surface area contributed by atoms with E-state index < -0.39 is 11.9 Å². The fourth-order valence-electron chi connectivity index (χ4n) is 1.69. The van der Waals surface area contributed by atoms with E-state index in [2.05, 4.69) is 4.98 Å². The minimum absolute atomic E-state index is 0.0870. The number of halogens is 4. The molecular weight excluding hydrogens is 267 g/mol. The Morgan fingerprint density at radius 3 is 2.61 bits per heavy atom. The molecule has 0 fully saturated rings. The number of fused-ring (bicyclic) bond motifs is 1. The summed E-state index contributed by atoms with van der Waals surface area (Å²) in [5, 5.41) is 0.951. The number of aromatic nitrogens is 1. The van der Waals surface area contributed by atoms with Crippen LogP contribution in [-0.2, 0) is 17.5 Å².